The Bertz CT molecular complexity index is 792. The van der Waals surface area contributed by atoms with Crippen LogP contribution in [0.2, 0.25) is 0 Å². The number of carbonyl (C=O) groups excluding carboxylic acids is 1. The van der Waals surface area contributed by atoms with Gasteiger partial charge in [0, 0.05) is 10.9 Å². The van der Waals surface area contributed by atoms with Crippen molar-refractivity contribution in [3.63, 3.8) is 0 Å². The van der Waals surface area contributed by atoms with Crippen LogP contribution in [0.3, 0.4) is 0 Å². The van der Waals surface area contributed by atoms with Gasteiger partial charge in [-0.25, -0.2) is 4.79 Å². The third kappa shape index (κ3) is 3.34. The molecule has 2 aromatic rings. The van der Waals surface area contributed by atoms with Gasteiger partial charge in [0.25, 0.3) is 0 Å². The largest absolute Gasteiger partial charge is 0.461 e. The zero-order valence-electron chi connectivity index (χ0n) is 14.3. The van der Waals surface area contributed by atoms with Gasteiger partial charge < -0.3 is 19.5 Å². The van der Waals surface area contributed by atoms with Crippen LogP contribution in [0.25, 0.3) is 10.9 Å². The van der Waals surface area contributed by atoms with E-state index in [4.69, 9.17) is 4.74 Å². The summed E-state index contributed by atoms with van der Waals surface area (Å²) in [5, 5.41) is 0.625. The summed E-state index contributed by atoms with van der Waals surface area (Å²) >= 11 is 0. The molecule has 1 aliphatic rings. The summed E-state index contributed by atoms with van der Waals surface area (Å²) in [5.74, 6) is -0.450. The standard InChI is InChI=1S/C18H23N3O3/c1-3-24-18(23)16-14(12-21-10-8-20(2)9-11-21)17(22)13-6-4-5-7-15(13)19-16/h4-7H,3,8-12H2,1-2H3,(H,19,22)/p+2. The molecule has 24 heavy (non-hydrogen) atoms. The van der Waals surface area contributed by atoms with Crippen LogP contribution in [0, 0.1) is 0 Å². The molecule has 1 aromatic heterocycles. The number of hydrogen-bond donors (Lipinski definition) is 3. The van der Waals surface area contributed by atoms with Crippen LogP contribution >= 0.6 is 0 Å². The van der Waals surface area contributed by atoms with Crippen LogP contribution in [0.1, 0.15) is 23.0 Å². The van der Waals surface area contributed by atoms with E-state index in [1.807, 2.05) is 18.2 Å². The number of rotatable bonds is 4. The summed E-state index contributed by atoms with van der Waals surface area (Å²) in [6, 6.07) is 7.31. The zero-order chi connectivity index (χ0) is 17.1. The molecule has 1 saturated heterocycles. The van der Waals surface area contributed by atoms with Gasteiger partial charge in [0.15, 0.2) is 5.43 Å². The summed E-state index contributed by atoms with van der Waals surface area (Å²) in [6.07, 6.45) is 0. The van der Waals surface area contributed by atoms with Crippen molar-refractivity contribution in [3.8, 4) is 0 Å². The fourth-order valence-corrected chi connectivity index (χ4v) is 3.28. The molecule has 1 aromatic carbocycles. The quantitative estimate of drug-likeness (QED) is 0.605. The molecule has 3 rings (SSSR count). The molecule has 0 spiro atoms. The molecular formula is C18H25N3O3+2. The summed E-state index contributed by atoms with van der Waals surface area (Å²) in [7, 11) is 2.18. The first-order valence-electron chi connectivity index (χ1n) is 8.56. The first-order valence-corrected chi connectivity index (χ1v) is 8.56. The van der Waals surface area contributed by atoms with E-state index in [2.05, 4.69) is 12.0 Å². The number of fused-ring (bicyclic) bond motifs is 1. The lowest BCUT2D eigenvalue weighted by atomic mass is 10.1. The highest BCUT2D eigenvalue weighted by atomic mass is 16.5. The maximum Gasteiger partial charge on any atom is 0.355 e. The number of benzene rings is 1. The van der Waals surface area contributed by atoms with Crippen LogP contribution in [0.4, 0.5) is 0 Å². The van der Waals surface area contributed by atoms with Crippen molar-refractivity contribution < 1.29 is 19.3 Å². The van der Waals surface area contributed by atoms with Gasteiger partial charge in [-0.15, -0.1) is 0 Å². The number of carbonyl (C=O) groups is 1. The van der Waals surface area contributed by atoms with Crippen LogP contribution < -0.4 is 15.2 Å². The smallest absolute Gasteiger partial charge is 0.355 e. The number of aromatic nitrogens is 1. The molecule has 6 nitrogen and oxygen atoms in total. The average molecular weight is 331 g/mol. The van der Waals surface area contributed by atoms with Crippen molar-refractivity contribution in [2.45, 2.75) is 13.5 Å². The molecule has 0 aliphatic carbocycles. The van der Waals surface area contributed by atoms with E-state index in [0.717, 1.165) is 26.2 Å². The fourth-order valence-electron chi connectivity index (χ4n) is 3.28. The Balaban J connectivity index is 2.02. The molecule has 0 amide bonds. The highest BCUT2D eigenvalue weighted by Crippen LogP contribution is 2.12. The number of pyridine rings is 1. The highest BCUT2D eigenvalue weighted by molar-refractivity contribution is 5.92. The molecule has 1 aliphatic heterocycles. The molecule has 0 unspecified atom stereocenters. The topological polar surface area (TPSA) is 68.0 Å². The van der Waals surface area contributed by atoms with E-state index in [9.17, 15) is 9.59 Å². The van der Waals surface area contributed by atoms with Gasteiger partial charge in [0.1, 0.15) is 38.4 Å². The molecular weight excluding hydrogens is 306 g/mol. The number of likely N-dealkylation sites (N-methyl/N-ethyl adjacent to an activating group) is 1. The molecule has 0 saturated carbocycles. The summed E-state index contributed by atoms with van der Waals surface area (Å²) in [5.41, 5.74) is 1.46. The predicted molar refractivity (Wildman–Crippen MR) is 91.5 cm³/mol. The number of esters is 1. The number of ether oxygens (including phenoxy) is 1. The molecule has 0 radical (unpaired) electrons. The van der Waals surface area contributed by atoms with Gasteiger partial charge in [-0.05, 0) is 19.1 Å². The van der Waals surface area contributed by atoms with E-state index in [1.165, 1.54) is 9.80 Å². The maximum atomic E-state index is 12.9. The minimum Gasteiger partial charge on any atom is -0.461 e. The van der Waals surface area contributed by atoms with Gasteiger partial charge in [-0.2, -0.15) is 0 Å². The summed E-state index contributed by atoms with van der Waals surface area (Å²) in [6.45, 7) is 6.77. The first-order chi connectivity index (χ1) is 11.6. The number of hydrogen-bond acceptors (Lipinski definition) is 3. The second kappa shape index (κ2) is 7.15. The van der Waals surface area contributed by atoms with Crippen molar-refractivity contribution in [2.75, 3.05) is 39.8 Å². The van der Waals surface area contributed by atoms with Gasteiger partial charge >= 0.3 is 5.97 Å². The zero-order valence-corrected chi connectivity index (χ0v) is 14.3. The van der Waals surface area contributed by atoms with Gasteiger partial charge in [0.05, 0.1) is 19.2 Å². The molecule has 128 valence electrons. The third-order valence-electron chi connectivity index (χ3n) is 4.72. The number of piperazine rings is 1. The lowest BCUT2D eigenvalue weighted by molar-refractivity contribution is -1.01. The monoisotopic (exact) mass is 331 g/mol. The Kier molecular flexibility index (Phi) is 4.97. The summed E-state index contributed by atoms with van der Waals surface area (Å²) < 4.78 is 5.16. The molecule has 0 bridgehead atoms. The average Bonchev–Trinajstić information content (AvgIpc) is 2.59. The van der Waals surface area contributed by atoms with Crippen molar-refractivity contribution in [1.82, 2.24) is 4.98 Å². The number of aromatic amines is 1. The van der Waals surface area contributed by atoms with Crippen LogP contribution in [-0.2, 0) is 11.3 Å². The third-order valence-corrected chi connectivity index (χ3v) is 4.72. The minimum atomic E-state index is -0.450. The second-order valence-electron chi connectivity index (χ2n) is 6.46. The van der Waals surface area contributed by atoms with Gasteiger partial charge in [-0.1, -0.05) is 12.1 Å². The van der Waals surface area contributed by atoms with Gasteiger partial charge in [0.2, 0.25) is 0 Å². The SMILES string of the molecule is CCOC(=O)c1[nH]c2ccccc2c(=O)c1C[NH+]1CC[NH+](C)CC1. The Morgan fingerprint density at radius 1 is 1.21 bits per heavy atom. The molecule has 2 heterocycles. The van der Waals surface area contributed by atoms with Crippen molar-refractivity contribution in [1.29, 1.82) is 0 Å². The molecule has 6 heteroatoms. The normalized spacial score (nSPS) is 20.9. The van der Waals surface area contributed by atoms with E-state index in [1.54, 1.807) is 13.0 Å². The summed E-state index contributed by atoms with van der Waals surface area (Å²) in [4.78, 5) is 31.3. The Hall–Kier alpha value is -2.18. The van der Waals surface area contributed by atoms with Crippen molar-refractivity contribution in [2.24, 2.45) is 0 Å². The number of H-pyrrole nitrogens is 1. The van der Waals surface area contributed by atoms with E-state index in [0.29, 0.717) is 28.7 Å². The van der Waals surface area contributed by atoms with Crippen LogP contribution in [0.15, 0.2) is 29.1 Å². The minimum absolute atomic E-state index is 0.0637. The number of quaternary nitrogens is 2. The molecule has 3 N–H and O–H groups in total. The molecule has 1 fully saturated rings. The first kappa shape index (κ1) is 16.7. The van der Waals surface area contributed by atoms with E-state index >= 15 is 0 Å². The Labute approximate surface area is 141 Å². The fraction of sp³-hybridized carbons (Fsp3) is 0.444. The highest BCUT2D eigenvalue weighted by Gasteiger charge is 2.26. The number of para-hydroxylation sites is 1. The lowest BCUT2D eigenvalue weighted by Crippen LogP contribution is -3.26. The maximum absolute atomic E-state index is 12.9. The number of nitrogens with one attached hydrogen (secondary N) is 3. The Morgan fingerprint density at radius 3 is 2.62 bits per heavy atom. The Morgan fingerprint density at radius 2 is 1.92 bits per heavy atom. The van der Waals surface area contributed by atoms with E-state index < -0.39 is 5.97 Å². The van der Waals surface area contributed by atoms with Crippen molar-refractivity contribution in [3.05, 3.63) is 45.7 Å². The lowest BCUT2D eigenvalue weighted by Gasteiger charge is -2.27. The van der Waals surface area contributed by atoms with Crippen molar-refractivity contribution >= 4 is 16.9 Å². The predicted octanol–water partition coefficient (Wildman–Crippen LogP) is -1.38. The molecule has 0 atom stereocenters. The van der Waals surface area contributed by atoms with E-state index in [-0.39, 0.29) is 12.0 Å². The van der Waals surface area contributed by atoms with Gasteiger partial charge in [-0.3, -0.25) is 4.79 Å². The second-order valence-corrected chi connectivity index (χ2v) is 6.46. The van der Waals surface area contributed by atoms with Crippen LogP contribution in [0.5, 0.6) is 0 Å². The van der Waals surface area contributed by atoms with Crippen LogP contribution in [-0.4, -0.2) is 50.8 Å².